The normalized spacial score (nSPS) is 19.0. The van der Waals surface area contributed by atoms with E-state index in [1.54, 1.807) is 18.3 Å². The molecule has 100 valence electrons. The second-order valence-corrected chi connectivity index (χ2v) is 5.79. The molecule has 0 spiro atoms. The van der Waals surface area contributed by atoms with Crippen molar-refractivity contribution in [2.45, 2.75) is 19.3 Å². The van der Waals surface area contributed by atoms with Crippen LogP contribution in [0.1, 0.15) is 18.2 Å². The second-order valence-electron chi connectivity index (χ2n) is 4.14. The van der Waals surface area contributed by atoms with Crippen molar-refractivity contribution < 1.29 is 22.1 Å². The van der Waals surface area contributed by atoms with Gasteiger partial charge in [0.2, 0.25) is 0 Å². The van der Waals surface area contributed by atoms with Crippen molar-refractivity contribution in [3.63, 3.8) is 0 Å². The highest BCUT2D eigenvalue weighted by molar-refractivity contribution is 7.85. The van der Waals surface area contributed by atoms with E-state index in [0.717, 1.165) is 11.8 Å². The Labute approximate surface area is 106 Å². The Hall–Kier alpha value is -1.02. The van der Waals surface area contributed by atoms with Gasteiger partial charge in [-0.15, -0.1) is 0 Å². The molecule has 1 aromatic heterocycles. The molecule has 0 aromatic carbocycles. The van der Waals surface area contributed by atoms with Crippen LogP contribution in [-0.2, 0) is 36.2 Å². The van der Waals surface area contributed by atoms with Crippen LogP contribution >= 0.6 is 0 Å². The van der Waals surface area contributed by atoms with Gasteiger partial charge in [0.25, 0.3) is 10.1 Å². The first-order valence-electron chi connectivity index (χ1n) is 5.47. The molecule has 1 aliphatic heterocycles. The summed E-state index contributed by atoms with van der Waals surface area (Å²) in [4.78, 5) is 4.04. The lowest BCUT2D eigenvalue weighted by Gasteiger charge is -2.22. The smallest absolute Gasteiger partial charge is 0.264 e. The van der Waals surface area contributed by atoms with Crippen molar-refractivity contribution in [1.82, 2.24) is 4.98 Å². The standard InChI is InChI=1S/C11H15NO5S/c1-11(15-5-6-16-11)9-3-4-12-10(7-9)8-17-18(2,13)14/h3-4,7H,5-6,8H2,1-2H3. The average Bonchev–Trinajstić information content (AvgIpc) is 2.75. The van der Waals surface area contributed by atoms with Crippen LogP contribution < -0.4 is 0 Å². The van der Waals surface area contributed by atoms with Gasteiger partial charge in [0, 0.05) is 11.8 Å². The van der Waals surface area contributed by atoms with E-state index < -0.39 is 15.9 Å². The summed E-state index contributed by atoms with van der Waals surface area (Å²) >= 11 is 0. The summed E-state index contributed by atoms with van der Waals surface area (Å²) in [6.07, 6.45) is 2.58. The first-order chi connectivity index (χ1) is 8.39. The number of nitrogens with zero attached hydrogens (tertiary/aromatic N) is 1. The highest BCUT2D eigenvalue weighted by Crippen LogP contribution is 2.30. The molecule has 0 saturated carbocycles. The van der Waals surface area contributed by atoms with E-state index in [2.05, 4.69) is 4.98 Å². The van der Waals surface area contributed by atoms with E-state index >= 15 is 0 Å². The summed E-state index contributed by atoms with van der Waals surface area (Å²) in [7, 11) is -3.47. The molecule has 2 rings (SSSR count). The van der Waals surface area contributed by atoms with Crippen molar-refractivity contribution in [2.75, 3.05) is 19.5 Å². The molecular weight excluding hydrogens is 258 g/mol. The molecule has 18 heavy (non-hydrogen) atoms. The maximum absolute atomic E-state index is 10.9. The fourth-order valence-electron chi connectivity index (χ4n) is 1.69. The number of aromatic nitrogens is 1. The number of hydrogen-bond acceptors (Lipinski definition) is 6. The minimum Gasteiger partial charge on any atom is -0.344 e. The lowest BCUT2D eigenvalue weighted by molar-refractivity contribution is -0.149. The van der Waals surface area contributed by atoms with E-state index in [-0.39, 0.29) is 6.61 Å². The lowest BCUT2D eigenvalue weighted by Crippen LogP contribution is -2.22. The number of pyridine rings is 1. The molecule has 0 aliphatic carbocycles. The van der Waals surface area contributed by atoms with E-state index in [0.29, 0.717) is 18.9 Å². The van der Waals surface area contributed by atoms with Crippen LogP contribution in [0.15, 0.2) is 18.3 Å². The predicted octanol–water partition coefficient (Wildman–Crippen LogP) is 0.777. The van der Waals surface area contributed by atoms with Gasteiger partial charge in [-0.1, -0.05) is 0 Å². The molecule has 0 unspecified atom stereocenters. The number of ether oxygens (including phenoxy) is 2. The number of hydrogen-bond donors (Lipinski definition) is 0. The van der Waals surface area contributed by atoms with E-state index in [1.807, 2.05) is 6.92 Å². The Morgan fingerprint density at radius 2 is 2.11 bits per heavy atom. The van der Waals surface area contributed by atoms with Crippen LogP contribution in [-0.4, -0.2) is 32.9 Å². The van der Waals surface area contributed by atoms with Crippen molar-refractivity contribution in [2.24, 2.45) is 0 Å². The van der Waals surface area contributed by atoms with Crippen molar-refractivity contribution in [3.05, 3.63) is 29.6 Å². The summed E-state index contributed by atoms with van der Waals surface area (Å²) in [5, 5.41) is 0. The van der Waals surface area contributed by atoms with Crippen LogP contribution in [0, 0.1) is 0 Å². The van der Waals surface area contributed by atoms with E-state index in [1.165, 1.54) is 0 Å². The van der Waals surface area contributed by atoms with Gasteiger partial charge in [0.1, 0.15) is 6.61 Å². The zero-order chi connectivity index (χ0) is 13.2. The maximum atomic E-state index is 10.9. The Morgan fingerprint density at radius 1 is 1.44 bits per heavy atom. The molecule has 7 heteroatoms. The highest BCUT2D eigenvalue weighted by atomic mass is 32.2. The van der Waals surface area contributed by atoms with Gasteiger partial charge in [0.05, 0.1) is 25.2 Å². The molecular formula is C11H15NO5S. The first-order valence-corrected chi connectivity index (χ1v) is 7.28. The van der Waals surface area contributed by atoms with Gasteiger partial charge in [-0.25, -0.2) is 0 Å². The predicted molar refractivity (Wildman–Crippen MR) is 63.1 cm³/mol. The van der Waals surface area contributed by atoms with Gasteiger partial charge in [-0.3, -0.25) is 9.17 Å². The van der Waals surface area contributed by atoms with Crippen LogP contribution in [0.3, 0.4) is 0 Å². The van der Waals surface area contributed by atoms with Gasteiger partial charge in [-0.2, -0.15) is 8.42 Å². The van der Waals surface area contributed by atoms with Gasteiger partial charge in [0.15, 0.2) is 5.79 Å². The Bertz CT molecular complexity index is 522. The van der Waals surface area contributed by atoms with Gasteiger partial charge >= 0.3 is 0 Å². The zero-order valence-electron chi connectivity index (χ0n) is 10.3. The van der Waals surface area contributed by atoms with E-state index in [4.69, 9.17) is 13.7 Å². The quantitative estimate of drug-likeness (QED) is 0.755. The Morgan fingerprint density at radius 3 is 2.72 bits per heavy atom. The second kappa shape index (κ2) is 4.93. The summed E-state index contributed by atoms with van der Waals surface area (Å²) in [6, 6.07) is 3.49. The number of rotatable bonds is 4. The molecule has 1 fully saturated rings. The van der Waals surface area contributed by atoms with Gasteiger partial charge < -0.3 is 9.47 Å². The minimum absolute atomic E-state index is 0.0945. The third-order valence-electron chi connectivity index (χ3n) is 2.60. The fourth-order valence-corrected chi connectivity index (χ4v) is 2.02. The molecule has 0 amide bonds. The van der Waals surface area contributed by atoms with Crippen molar-refractivity contribution in [1.29, 1.82) is 0 Å². The van der Waals surface area contributed by atoms with Crippen LogP contribution in [0.5, 0.6) is 0 Å². The Balaban J connectivity index is 2.15. The maximum Gasteiger partial charge on any atom is 0.264 e. The molecule has 0 N–H and O–H groups in total. The first kappa shape index (κ1) is 13.4. The van der Waals surface area contributed by atoms with Crippen LogP contribution in [0.2, 0.25) is 0 Å². The van der Waals surface area contributed by atoms with Crippen molar-refractivity contribution in [3.8, 4) is 0 Å². The topological polar surface area (TPSA) is 74.7 Å². The zero-order valence-corrected chi connectivity index (χ0v) is 11.1. The SMILES string of the molecule is CC1(c2ccnc(COS(C)(=O)=O)c2)OCCO1. The lowest BCUT2D eigenvalue weighted by atomic mass is 10.1. The molecule has 0 bridgehead atoms. The summed E-state index contributed by atoms with van der Waals surface area (Å²) in [5.74, 6) is -0.789. The molecule has 1 aromatic rings. The third kappa shape index (κ3) is 3.26. The van der Waals surface area contributed by atoms with Crippen molar-refractivity contribution >= 4 is 10.1 Å². The molecule has 0 radical (unpaired) electrons. The molecule has 1 saturated heterocycles. The highest BCUT2D eigenvalue weighted by Gasteiger charge is 2.33. The average molecular weight is 273 g/mol. The fraction of sp³-hybridized carbons (Fsp3) is 0.545. The van der Waals surface area contributed by atoms with E-state index in [9.17, 15) is 8.42 Å². The van der Waals surface area contributed by atoms with Crippen LogP contribution in [0.25, 0.3) is 0 Å². The minimum atomic E-state index is -3.47. The third-order valence-corrected chi connectivity index (χ3v) is 3.15. The Kier molecular flexibility index (Phi) is 3.67. The molecule has 6 nitrogen and oxygen atoms in total. The monoisotopic (exact) mass is 273 g/mol. The van der Waals surface area contributed by atoms with Crippen LogP contribution in [0.4, 0.5) is 0 Å². The summed E-state index contributed by atoms with van der Waals surface area (Å²) in [6.45, 7) is 2.79. The molecule has 2 heterocycles. The largest absolute Gasteiger partial charge is 0.344 e. The van der Waals surface area contributed by atoms with Gasteiger partial charge in [-0.05, 0) is 19.1 Å². The summed E-state index contributed by atoms with van der Waals surface area (Å²) < 4.78 is 37.5. The molecule has 0 atom stereocenters. The molecule has 1 aliphatic rings. The summed E-state index contributed by atoms with van der Waals surface area (Å²) in [5.41, 5.74) is 1.31.